The van der Waals surface area contributed by atoms with Gasteiger partial charge in [-0.15, -0.1) is 0 Å². The number of ether oxygens (including phenoxy) is 2. The topological polar surface area (TPSA) is 39.9 Å². The standard InChI is InChI=1S/C6H5NO3/c1-3-4-5(7-2)10-6(8)9-4/h3-5H,1H2. The Bertz CT molecular complexity index is 206. The summed E-state index contributed by atoms with van der Waals surface area (Å²) in [6.45, 7) is 9.92. The summed E-state index contributed by atoms with van der Waals surface area (Å²) in [5.41, 5.74) is 0. The molecule has 1 saturated heterocycles. The maximum Gasteiger partial charge on any atom is 0.515 e. The van der Waals surface area contributed by atoms with Gasteiger partial charge in [0.25, 0.3) is 0 Å². The Morgan fingerprint density at radius 2 is 2.40 bits per heavy atom. The van der Waals surface area contributed by atoms with Crippen molar-refractivity contribution in [2.45, 2.75) is 12.3 Å². The van der Waals surface area contributed by atoms with Gasteiger partial charge in [-0.25, -0.2) is 11.4 Å². The second-order valence-corrected chi connectivity index (χ2v) is 1.71. The number of hydrogen-bond acceptors (Lipinski definition) is 3. The summed E-state index contributed by atoms with van der Waals surface area (Å²) in [7, 11) is 0. The first kappa shape index (κ1) is 6.62. The van der Waals surface area contributed by atoms with Crippen molar-refractivity contribution in [3.05, 3.63) is 24.1 Å². The second-order valence-electron chi connectivity index (χ2n) is 1.71. The fourth-order valence-corrected chi connectivity index (χ4v) is 0.627. The van der Waals surface area contributed by atoms with Gasteiger partial charge in [-0.1, -0.05) is 6.58 Å². The lowest BCUT2D eigenvalue weighted by molar-refractivity contribution is 0.122. The van der Waals surface area contributed by atoms with Crippen LogP contribution in [0.2, 0.25) is 0 Å². The monoisotopic (exact) mass is 139 g/mol. The third-order valence-electron chi connectivity index (χ3n) is 1.09. The highest BCUT2D eigenvalue weighted by Gasteiger charge is 2.39. The molecule has 1 rings (SSSR count). The highest BCUT2D eigenvalue weighted by Crippen LogP contribution is 2.16. The van der Waals surface area contributed by atoms with Gasteiger partial charge in [-0.05, 0) is 6.08 Å². The Hall–Kier alpha value is -1.50. The first-order valence-corrected chi connectivity index (χ1v) is 2.64. The summed E-state index contributed by atoms with van der Waals surface area (Å²) in [4.78, 5) is 13.3. The van der Waals surface area contributed by atoms with E-state index in [1.807, 2.05) is 0 Å². The molecule has 0 aromatic carbocycles. The van der Waals surface area contributed by atoms with Gasteiger partial charge in [-0.2, -0.15) is 0 Å². The molecule has 0 N–H and O–H groups in total. The van der Waals surface area contributed by atoms with Crippen LogP contribution in [-0.4, -0.2) is 18.5 Å². The summed E-state index contributed by atoms with van der Waals surface area (Å²) in [5.74, 6) is 0. The second kappa shape index (κ2) is 2.40. The van der Waals surface area contributed by atoms with E-state index in [4.69, 9.17) is 6.57 Å². The van der Waals surface area contributed by atoms with E-state index in [9.17, 15) is 4.79 Å². The summed E-state index contributed by atoms with van der Waals surface area (Å²) < 4.78 is 8.95. The highest BCUT2D eigenvalue weighted by molar-refractivity contribution is 5.63. The Labute approximate surface area is 57.9 Å². The summed E-state index contributed by atoms with van der Waals surface area (Å²) in [6, 6.07) is 0. The molecular weight excluding hydrogens is 134 g/mol. The third-order valence-corrected chi connectivity index (χ3v) is 1.09. The lowest BCUT2D eigenvalue weighted by Gasteiger charge is -1.96. The van der Waals surface area contributed by atoms with Gasteiger partial charge in [0, 0.05) is 0 Å². The Morgan fingerprint density at radius 1 is 1.70 bits per heavy atom. The van der Waals surface area contributed by atoms with Crippen LogP contribution in [0.1, 0.15) is 0 Å². The molecule has 0 aromatic heterocycles. The van der Waals surface area contributed by atoms with Gasteiger partial charge in [0.05, 0.1) is 0 Å². The number of nitrogens with zero attached hydrogens (tertiary/aromatic N) is 1. The van der Waals surface area contributed by atoms with Crippen LogP contribution in [0.25, 0.3) is 4.85 Å². The van der Waals surface area contributed by atoms with E-state index in [0.29, 0.717) is 0 Å². The van der Waals surface area contributed by atoms with Crippen molar-refractivity contribution in [3.8, 4) is 0 Å². The number of rotatable bonds is 1. The molecule has 0 spiro atoms. The van der Waals surface area contributed by atoms with E-state index >= 15 is 0 Å². The molecule has 0 aromatic rings. The minimum Gasteiger partial charge on any atom is -0.414 e. The quantitative estimate of drug-likeness (QED) is 0.308. The fourth-order valence-electron chi connectivity index (χ4n) is 0.627. The molecule has 4 nitrogen and oxygen atoms in total. The van der Waals surface area contributed by atoms with Crippen LogP contribution >= 0.6 is 0 Å². The molecule has 52 valence electrons. The molecule has 0 radical (unpaired) electrons. The molecule has 1 fully saturated rings. The third kappa shape index (κ3) is 0.935. The van der Waals surface area contributed by atoms with E-state index in [1.165, 1.54) is 6.08 Å². The molecule has 1 aliphatic rings. The molecule has 10 heavy (non-hydrogen) atoms. The van der Waals surface area contributed by atoms with Crippen molar-refractivity contribution in [2.24, 2.45) is 0 Å². The van der Waals surface area contributed by atoms with Gasteiger partial charge in [0.1, 0.15) is 0 Å². The molecule has 0 aliphatic carbocycles. The van der Waals surface area contributed by atoms with Gasteiger partial charge in [0.2, 0.25) is 6.10 Å². The van der Waals surface area contributed by atoms with Gasteiger partial charge in [-0.3, -0.25) is 4.85 Å². The maximum atomic E-state index is 10.3. The molecule has 4 heteroatoms. The molecular formula is C6H5NO3. The lowest BCUT2D eigenvalue weighted by atomic mass is 10.3. The summed E-state index contributed by atoms with van der Waals surface area (Å²) in [6.07, 6.45) is -0.881. The van der Waals surface area contributed by atoms with E-state index < -0.39 is 18.5 Å². The van der Waals surface area contributed by atoms with Crippen LogP contribution in [0.15, 0.2) is 12.7 Å². The molecule has 0 bridgehead atoms. The molecule has 1 heterocycles. The van der Waals surface area contributed by atoms with Crippen molar-refractivity contribution in [3.63, 3.8) is 0 Å². The van der Waals surface area contributed by atoms with Gasteiger partial charge >= 0.3 is 12.4 Å². The van der Waals surface area contributed by atoms with E-state index in [1.54, 1.807) is 0 Å². The highest BCUT2D eigenvalue weighted by atomic mass is 16.8. The average molecular weight is 139 g/mol. The van der Waals surface area contributed by atoms with Crippen molar-refractivity contribution in [2.75, 3.05) is 0 Å². The van der Waals surface area contributed by atoms with Crippen LogP contribution in [0.4, 0.5) is 4.79 Å². The molecule has 0 amide bonds. The normalized spacial score (nSPS) is 30.1. The van der Waals surface area contributed by atoms with E-state index in [0.717, 1.165) is 0 Å². The summed E-state index contributed by atoms with van der Waals surface area (Å²) in [5, 5.41) is 0. The first-order chi connectivity index (χ1) is 4.77. The van der Waals surface area contributed by atoms with Crippen molar-refractivity contribution in [1.29, 1.82) is 0 Å². The van der Waals surface area contributed by atoms with Crippen LogP contribution in [0.5, 0.6) is 0 Å². The fraction of sp³-hybridized carbons (Fsp3) is 0.333. The molecule has 0 saturated carbocycles. The number of hydrogen-bond donors (Lipinski definition) is 0. The molecule has 2 unspecified atom stereocenters. The van der Waals surface area contributed by atoms with Crippen LogP contribution in [0, 0.1) is 6.57 Å². The molecule has 2 atom stereocenters. The Balaban J connectivity index is 2.68. The van der Waals surface area contributed by atoms with E-state index in [2.05, 4.69) is 20.9 Å². The minimum atomic E-state index is -0.843. The van der Waals surface area contributed by atoms with Crippen LogP contribution in [-0.2, 0) is 9.47 Å². The lowest BCUT2D eigenvalue weighted by Crippen LogP contribution is -2.14. The number of carbonyl (C=O) groups is 1. The van der Waals surface area contributed by atoms with Crippen molar-refractivity contribution >= 4 is 6.16 Å². The summed E-state index contributed by atoms with van der Waals surface area (Å²) >= 11 is 0. The average Bonchev–Trinajstić information content (AvgIpc) is 2.30. The zero-order valence-electron chi connectivity index (χ0n) is 5.11. The predicted octanol–water partition coefficient (Wildman–Crippen LogP) is 0.953. The zero-order valence-corrected chi connectivity index (χ0v) is 5.11. The Kier molecular flexibility index (Phi) is 1.59. The van der Waals surface area contributed by atoms with Crippen molar-refractivity contribution in [1.82, 2.24) is 0 Å². The Morgan fingerprint density at radius 3 is 2.80 bits per heavy atom. The number of carbonyl (C=O) groups excluding carboxylic acids is 1. The van der Waals surface area contributed by atoms with Gasteiger partial charge in [0.15, 0.2) is 0 Å². The molecule has 1 aliphatic heterocycles. The first-order valence-electron chi connectivity index (χ1n) is 2.64. The van der Waals surface area contributed by atoms with E-state index in [-0.39, 0.29) is 0 Å². The SMILES string of the molecule is [C-]#[N+]C1OC(=O)OC1C=C. The van der Waals surface area contributed by atoms with Crippen LogP contribution < -0.4 is 0 Å². The zero-order chi connectivity index (χ0) is 7.56. The number of cyclic esters (lactones) is 2. The van der Waals surface area contributed by atoms with Gasteiger partial charge < -0.3 is 9.47 Å². The smallest absolute Gasteiger partial charge is 0.414 e. The maximum absolute atomic E-state index is 10.3. The van der Waals surface area contributed by atoms with Crippen molar-refractivity contribution < 1.29 is 14.3 Å². The minimum absolute atomic E-state index is 0.606. The largest absolute Gasteiger partial charge is 0.515 e. The predicted molar refractivity (Wildman–Crippen MR) is 31.9 cm³/mol. The van der Waals surface area contributed by atoms with Crippen LogP contribution in [0.3, 0.4) is 0 Å².